The molecule has 0 fully saturated rings. The molecule has 0 heterocycles. The minimum absolute atomic E-state index is 0.191. The maximum atomic E-state index is 12.3. The lowest BCUT2D eigenvalue weighted by Gasteiger charge is -2.21. The van der Waals surface area contributed by atoms with Crippen molar-refractivity contribution in [3.05, 3.63) is 29.8 Å². The number of benzene rings is 1. The van der Waals surface area contributed by atoms with Crippen molar-refractivity contribution < 1.29 is 17.9 Å². The van der Waals surface area contributed by atoms with E-state index in [1.807, 2.05) is 0 Å². The highest BCUT2D eigenvalue weighted by Crippen LogP contribution is 2.16. The van der Waals surface area contributed by atoms with Crippen LogP contribution in [0.1, 0.15) is 12.5 Å². The highest BCUT2D eigenvalue weighted by molar-refractivity contribution is 7.80. The third-order valence-corrected chi connectivity index (χ3v) is 2.90. The normalized spacial score (nSPS) is 11.7. The van der Waals surface area contributed by atoms with Gasteiger partial charge in [-0.1, -0.05) is 19.1 Å². The zero-order chi connectivity index (χ0) is 15.2. The number of likely N-dealkylation sites (N-methyl/N-ethyl adjacent to an activating group) is 1. The van der Waals surface area contributed by atoms with E-state index in [9.17, 15) is 13.2 Å². The summed E-state index contributed by atoms with van der Waals surface area (Å²) in [5.41, 5.74) is 6.18. The van der Waals surface area contributed by atoms with Crippen LogP contribution in [0.3, 0.4) is 0 Å². The van der Waals surface area contributed by atoms with Gasteiger partial charge in [-0.2, -0.15) is 13.2 Å². The number of ether oxygens (including phenoxy) is 1. The molecule has 0 saturated heterocycles. The molecule has 2 N–H and O–H groups in total. The summed E-state index contributed by atoms with van der Waals surface area (Å²) in [6.45, 7) is 1.49. The van der Waals surface area contributed by atoms with Crippen molar-refractivity contribution in [3.8, 4) is 5.75 Å². The van der Waals surface area contributed by atoms with Crippen LogP contribution in [0.2, 0.25) is 0 Å². The summed E-state index contributed by atoms with van der Waals surface area (Å²) in [5, 5.41) is 0. The molecular weight excluding hydrogens is 289 g/mol. The van der Waals surface area contributed by atoms with E-state index in [0.29, 0.717) is 17.3 Å². The second-order valence-electron chi connectivity index (χ2n) is 4.22. The summed E-state index contributed by atoms with van der Waals surface area (Å²) in [7, 11) is 0. The van der Waals surface area contributed by atoms with Crippen LogP contribution >= 0.6 is 12.2 Å². The molecule has 112 valence electrons. The van der Waals surface area contributed by atoms with Gasteiger partial charge in [0.05, 0.1) is 6.54 Å². The van der Waals surface area contributed by atoms with Crippen molar-refractivity contribution in [2.75, 3.05) is 26.2 Å². The fraction of sp³-hybridized carbons (Fsp3) is 0.462. The van der Waals surface area contributed by atoms with Gasteiger partial charge in [0, 0.05) is 12.1 Å². The van der Waals surface area contributed by atoms with Gasteiger partial charge in [-0.15, -0.1) is 0 Å². The number of hydrogen-bond donors (Lipinski definition) is 1. The van der Waals surface area contributed by atoms with Crippen molar-refractivity contribution in [2.24, 2.45) is 5.73 Å². The van der Waals surface area contributed by atoms with Crippen LogP contribution in [0.4, 0.5) is 13.2 Å². The molecule has 20 heavy (non-hydrogen) atoms. The van der Waals surface area contributed by atoms with Gasteiger partial charge in [0.1, 0.15) is 17.3 Å². The Balaban J connectivity index is 2.41. The van der Waals surface area contributed by atoms with E-state index in [2.05, 4.69) is 0 Å². The first-order valence-corrected chi connectivity index (χ1v) is 6.54. The topological polar surface area (TPSA) is 38.5 Å². The van der Waals surface area contributed by atoms with Crippen LogP contribution in [0.25, 0.3) is 0 Å². The average Bonchev–Trinajstić information content (AvgIpc) is 2.36. The number of halogens is 3. The maximum Gasteiger partial charge on any atom is 0.401 e. The van der Waals surface area contributed by atoms with Gasteiger partial charge >= 0.3 is 6.18 Å². The largest absolute Gasteiger partial charge is 0.492 e. The average molecular weight is 306 g/mol. The van der Waals surface area contributed by atoms with Crippen LogP contribution in [0.5, 0.6) is 5.75 Å². The molecule has 1 rings (SSSR count). The van der Waals surface area contributed by atoms with Gasteiger partial charge in [0.2, 0.25) is 0 Å². The van der Waals surface area contributed by atoms with Crippen molar-refractivity contribution >= 4 is 17.2 Å². The minimum atomic E-state index is -4.19. The molecule has 0 aliphatic rings. The van der Waals surface area contributed by atoms with Crippen molar-refractivity contribution in [3.63, 3.8) is 0 Å². The second kappa shape index (κ2) is 7.44. The molecule has 0 saturated carbocycles. The molecule has 0 spiro atoms. The molecule has 0 bridgehead atoms. The van der Waals surface area contributed by atoms with Gasteiger partial charge < -0.3 is 10.5 Å². The van der Waals surface area contributed by atoms with Crippen LogP contribution in [0.15, 0.2) is 24.3 Å². The Bertz CT molecular complexity index is 434. The molecule has 0 aromatic heterocycles. The molecule has 1 aromatic rings. The Morgan fingerprint density at radius 3 is 2.35 bits per heavy atom. The SMILES string of the molecule is CCN(CCOc1ccc(C(N)=S)cc1)CC(F)(F)F. The Morgan fingerprint density at radius 2 is 1.90 bits per heavy atom. The Kier molecular flexibility index (Phi) is 6.22. The molecule has 0 atom stereocenters. The van der Waals surface area contributed by atoms with Gasteiger partial charge in [-0.3, -0.25) is 4.90 Å². The van der Waals surface area contributed by atoms with Crippen molar-refractivity contribution in [2.45, 2.75) is 13.1 Å². The fourth-order valence-corrected chi connectivity index (χ4v) is 1.75. The first-order valence-electron chi connectivity index (χ1n) is 6.13. The molecular formula is C13H17F3N2OS. The highest BCUT2D eigenvalue weighted by Gasteiger charge is 2.29. The lowest BCUT2D eigenvalue weighted by Crippen LogP contribution is -2.36. The fourth-order valence-electron chi connectivity index (χ4n) is 1.61. The predicted molar refractivity (Wildman–Crippen MR) is 76.0 cm³/mol. The summed E-state index contributed by atoms with van der Waals surface area (Å²) in [6, 6.07) is 6.80. The first-order chi connectivity index (χ1) is 9.31. The minimum Gasteiger partial charge on any atom is -0.492 e. The monoisotopic (exact) mass is 306 g/mol. The number of thiocarbonyl (C=S) groups is 1. The summed E-state index contributed by atoms with van der Waals surface area (Å²) in [5.74, 6) is 0.577. The number of alkyl halides is 3. The standard InChI is InChI=1S/C13H17F3N2OS/c1-2-18(9-13(14,15)16)7-8-19-11-5-3-10(4-6-11)12(17)20/h3-6H,2,7-9H2,1H3,(H2,17,20). The van der Waals surface area contributed by atoms with E-state index in [0.717, 1.165) is 5.56 Å². The first kappa shape index (κ1) is 16.7. The van der Waals surface area contributed by atoms with Crippen LogP contribution in [0, 0.1) is 0 Å². The maximum absolute atomic E-state index is 12.3. The van der Waals surface area contributed by atoms with E-state index in [1.54, 1.807) is 31.2 Å². The number of nitrogens with zero attached hydrogens (tertiary/aromatic N) is 1. The van der Waals surface area contributed by atoms with Crippen LogP contribution in [-0.2, 0) is 0 Å². The van der Waals surface area contributed by atoms with E-state index < -0.39 is 12.7 Å². The molecule has 7 heteroatoms. The summed E-state index contributed by atoms with van der Waals surface area (Å²) >= 11 is 4.82. The van der Waals surface area contributed by atoms with E-state index in [1.165, 1.54) is 4.90 Å². The lowest BCUT2D eigenvalue weighted by atomic mass is 10.2. The summed E-state index contributed by atoms with van der Waals surface area (Å²) in [4.78, 5) is 1.57. The smallest absolute Gasteiger partial charge is 0.401 e. The predicted octanol–water partition coefficient (Wildman–Crippen LogP) is 2.58. The van der Waals surface area contributed by atoms with E-state index >= 15 is 0 Å². The Hall–Kier alpha value is -1.34. The van der Waals surface area contributed by atoms with E-state index in [-0.39, 0.29) is 13.2 Å². The number of nitrogens with two attached hydrogens (primary N) is 1. The molecule has 3 nitrogen and oxygen atoms in total. The summed E-state index contributed by atoms with van der Waals surface area (Å²) < 4.78 is 42.2. The molecule has 0 unspecified atom stereocenters. The molecule has 1 aromatic carbocycles. The molecule has 0 aliphatic heterocycles. The lowest BCUT2D eigenvalue weighted by molar-refractivity contribution is -0.146. The van der Waals surface area contributed by atoms with Crippen molar-refractivity contribution in [1.82, 2.24) is 4.90 Å². The van der Waals surface area contributed by atoms with Gasteiger partial charge in [0.15, 0.2) is 0 Å². The van der Waals surface area contributed by atoms with Gasteiger partial charge in [-0.25, -0.2) is 0 Å². The highest BCUT2D eigenvalue weighted by atomic mass is 32.1. The second-order valence-corrected chi connectivity index (χ2v) is 4.66. The third kappa shape index (κ3) is 6.21. The number of rotatable bonds is 7. The van der Waals surface area contributed by atoms with Crippen LogP contribution < -0.4 is 10.5 Å². The third-order valence-electron chi connectivity index (χ3n) is 2.67. The number of hydrogen-bond acceptors (Lipinski definition) is 3. The van der Waals surface area contributed by atoms with Crippen molar-refractivity contribution in [1.29, 1.82) is 0 Å². The Labute approximate surface area is 121 Å². The molecule has 0 radical (unpaired) electrons. The molecule has 0 amide bonds. The quantitative estimate of drug-likeness (QED) is 0.786. The van der Waals surface area contributed by atoms with Gasteiger partial charge in [0.25, 0.3) is 0 Å². The summed E-state index contributed by atoms with van der Waals surface area (Å²) in [6.07, 6.45) is -4.19. The molecule has 0 aliphatic carbocycles. The Morgan fingerprint density at radius 1 is 1.30 bits per heavy atom. The zero-order valence-corrected chi connectivity index (χ0v) is 11.9. The van der Waals surface area contributed by atoms with E-state index in [4.69, 9.17) is 22.7 Å². The van der Waals surface area contributed by atoms with Gasteiger partial charge in [-0.05, 0) is 30.8 Å². The van der Waals surface area contributed by atoms with Crippen LogP contribution in [-0.4, -0.2) is 42.3 Å². The zero-order valence-electron chi connectivity index (χ0n) is 11.1.